The SMILES string of the molecule is Cl.Cl.N=C(N)NN=Cc1cc2cc(C(=N)N)ccc2o1. The maximum absolute atomic E-state index is 7.35. The molecule has 0 saturated heterocycles. The van der Waals surface area contributed by atoms with E-state index in [1.165, 1.54) is 6.21 Å². The molecule has 9 heteroatoms. The molecule has 0 spiro atoms. The van der Waals surface area contributed by atoms with E-state index < -0.39 is 0 Å². The zero-order valence-corrected chi connectivity index (χ0v) is 11.8. The van der Waals surface area contributed by atoms with E-state index in [0.29, 0.717) is 16.9 Å². The van der Waals surface area contributed by atoms with Gasteiger partial charge in [-0.1, -0.05) is 0 Å². The zero-order valence-electron chi connectivity index (χ0n) is 10.2. The van der Waals surface area contributed by atoms with Crippen LogP contribution in [0.4, 0.5) is 0 Å². The average Bonchev–Trinajstić information content (AvgIpc) is 2.69. The average molecular weight is 317 g/mol. The predicted molar refractivity (Wildman–Crippen MR) is 84.4 cm³/mol. The van der Waals surface area contributed by atoms with E-state index in [0.717, 1.165) is 5.39 Å². The molecule has 7 N–H and O–H groups in total. The summed E-state index contributed by atoms with van der Waals surface area (Å²) in [5.41, 5.74) is 14.1. The molecule has 1 aromatic heterocycles. The second-order valence-corrected chi connectivity index (χ2v) is 3.60. The third-order valence-electron chi connectivity index (χ3n) is 2.22. The van der Waals surface area contributed by atoms with Crippen LogP contribution in [0.5, 0.6) is 0 Å². The summed E-state index contributed by atoms with van der Waals surface area (Å²) < 4.78 is 5.47. The van der Waals surface area contributed by atoms with Gasteiger partial charge in [-0.05, 0) is 24.3 Å². The molecule has 0 radical (unpaired) electrons. The van der Waals surface area contributed by atoms with Crippen LogP contribution in [0.1, 0.15) is 11.3 Å². The van der Waals surface area contributed by atoms with Gasteiger partial charge in [0.05, 0.1) is 6.21 Å². The Morgan fingerprint density at radius 2 is 1.90 bits per heavy atom. The third kappa shape index (κ3) is 4.15. The smallest absolute Gasteiger partial charge is 0.206 e. The molecule has 0 aliphatic rings. The first kappa shape index (κ1) is 17.8. The van der Waals surface area contributed by atoms with E-state index in [2.05, 4.69) is 10.5 Å². The molecule has 0 amide bonds. The molecule has 20 heavy (non-hydrogen) atoms. The lowest BCUT2D eigenvalue weighted by Gasteiger charge is -1.95. The van der Waals surface area contributed by atoms with Crippen molar-refractivity contribution in [3.8, 4) is 0 Å². The molecule has 0 saturated carbocycles. The molecule has 0 unspecified atom stereocenters. The molecular weight excluding hydrogens is 303 g/mol. The van der Waals surface area contributed by atoms with Crippen LogP contribution in [0.15, 0.2) is 33.8 Å². The van der Waals surface area contributed by atoms with E-state index >= 15 is 0 Å². The van der Waals surface area contributed by atoms with Gasteiger partial charge < -0.3 is 15.9 Å². The number of nitrogens with one attached hydrogen (secondary N) is 3. The highest BCUT2D eigenvalue weighted by Gasteiger charge is 2.04. The standard InChI is InChI=1S/C11H12N6O.2ClH/c12-10(13)6-1-2-9-7(3-6)4-8(18-9)5-16-17-11(14)15;;/h1-5H,(H3,12,13)(H4,14,15,17);2*1H. The minimum absolute atomic E-state index is 0. The molecule has 0 bridgehead atoms. The number of hydrazone groups is 1. The second kappa shape index (κ2) is 7.37. The number of furan rings is 1. The van der Waals surface area contributed by atoms with Gasteiger partial charge in [0, 0.05) is 10.9 Å². The number of halogens is 2. The van der Waals surface area contributed by atoms with Crippen LogP contribution >= 0.6 is 24.8 Å². The van der Waals surface area contributed by atoms with Gasteiger partial charge in [-0.2, -0.15) is 5.10 Å². The fraction of sp³-hybridized carbons (Fsp3) is 0. The summed E-state index contributed by atoms with van der Waals surface area (Å²) in [6, 6.07) is 6.97. The quantitative estimate of drug-likeness (QED) is 0.332. The normalized spacial score (nSPS) is 9.80. The number of amidine groups is 1. The van der Waals surface area contributed by atoms with Gasteiger partial charge in [-0.25, -0.2) is 5.43 Å². The van der Waals surface area contributed by atoms with Gasteiger partial charge in [0.1, 0.15) is 17.2 Å². The highest BCUT2D eigenvalue weighted by molar-refractivity contribution is 5.99. The lowest BCUT2D eigenvalue weighted by atomic mass is 10.1. The number of hydrogen-bond donors (Lipinski definition) is 5. The Kier molecular flexibility index (Phi) is 6.54. The zero-order chi connectivity index (χ0) is 13.1. The van der Waals surface area contributed by atoms with Crippen molar-refractivity contribution in [1.29, 1.82) is 10.8 Å². The minimum Gasteiger partial charge on any atom is -0.455 e. The number of nitrogen functional groups attached to an aromatic ring is 1. The van der Waals surface area contributed by atoms with Crippen LogP contribution in [0.2, 0.25) is 0 Å². The van der Waals surface area contributed by atoms with Crippen molar-refractivity contribution in [2.75, 3.05) is 0 Å². The molecule has 108 valence electrons. The molecule has 2 aromatic rings. The Hall–Kier alpha value is -2.25. The minimum atomic E-state index is -0.249. The molecule has 0 aliphatic carbocycles. The molecule has 0 aliphatic heterocycles. The largest absolute Gasteiger partial charge is 0.455 e. The lowest BCUT2D eigenvalue weighted by molar-refractivity contribution is 0.607. The summed E-state index contributed by atoms with van der Waals surface area (Å²) in [6.45, 7) is 0. The van der Waals surface area contributed by atoms with Gasteiger partial charge in [0.15, 0.2) is 0 Å². The summed E-state index contributed by atoms with van der Waals surface area (Å²) >= 11 is 0. The Morgan fingerprint density at radius 1 is 1.20 bits per heavy atom. The van der Waals surface area contributed by atoms with Crippen molar-refractivity contribution in [1.82, 2.24) is 5.43 Å². The van der Waals surface area contributed by atoms with Crippen molar-refractivity contribution >= 4 is 53.8 Å². The van der Waals surface area contributed by atoms with Gasteiger partial charge >= 0.3 is 0 Å². The van der Waals surface area contributed by atoms with Crippen LogP contribution < -0.4 is 16.9 Å². The molecule has 0 atom stereocenters. The van der Waals surface area contributed by atoms with Crippen LogP contribution in [-0.4, -0.2) is 18.0 Å². The fourth-order valence-corrected chi connectivity index (χ4v) is 1.46. The Bertz CT molecular complexity index is 651. The van der Waals surface area contributed by atoms with Gasteiger partial charge in [-0.3, -0.25) is 10.8 Å². The molecule has 7 nitrogen and oxygen atoms in total. The number of guanidine groups is 1. The molecular formula is C11H14Cl2N6O. The topological polar surface area (TPSA) is 137 Å². The van der Waals surface area contributed by atoms with E-state index in [1.807, 2.05) is 0 Å². The van der Waals surface area contributed by atoms with Crippen molar-refractivity contribution in [2.24, 2.45) is 16.6 Å². The van der Waals surface area contributed by atoms with Gasteiger partial charge in [0.2, 0.25) is 5.96 Å². The van der Waals surface area contributed by atoms with E-state index in [-0.39, 0.29) is 36.6 Å². The fourth-order valence-electron chi connectivity index (χ4n) is 1.46. The molecule has 2 rings (SSSR count). The van der Waals surface area contributed by atoms with Crippen LogP contribution in [-0.2, 0) is 0 Å². The number of rotatable bonds is 3. The number of fused-ring (bicyclic) bond motifs is 1. The maximum atomic E-state index is 7.35. The third-order valence-corrected chi connectivity index (χ3v) is 2.22. The summed E-state index contributed by atoms with van der Waals surface area (Å²) in [5.74, 6) is 0.271. The Labute approximate surface area is 127 Å². The molecule has 0 fully saturated rings. The first-order chi connectivity index (χ1) is 8.56. The lowest BCUT2D eigenvalue weighted by Crippen LogP contribution is -2.25. The van der Waals surface area contributed by atoms with E-state index in [1.54, 1.807) is 24.3 Å². The number of nitrogens with zero attached hydrogens (tertiary/aromatic N) is 1. The van der Waals surface area contributed by atoms with E-state index in [4.69, 9.17) is 26.7 Å². The summed E-state index contributed by atoms with van der Waals surface area (Å²) in [5, 5.41) is 18.8. The van der Waals surface area contributed by atoms with Gasteiger partial charge in [-0.15, -0.1) is 24.8 Å². The summed E-state index contributed by atoms with van der Waals surface area (Å²) in [6.07, 6.45) is 1.41. The maximum Gasteiger partial charge on any atom is 0.206 e. The van der Waals surface area contributed by atoms with Crippen molar-refractivity contribution < 1.29 is 4.42 Å². The first-order valence-corrected chi connectivity index (χ1v) is 5.07. The summed E-state index contributed by atoms with van der Waals surface area (Å²) in [4.78, 5) is 0. The van der Waals surface area contributed by atoms with Crippen LogP contribution in [0.3, 0.4) is 0 Å². The van der Waals surface area contributed by atoms with Crippen molar-refractivity contribution in [2.45, 2.75) is 0 Å². The Morgan fingerprint density at radius 3 is 2.50 bits per heavy atom. The first-order valence-electron chi connectivity index (χ1n) is 5.07. The number of nitrogens with two attached hydrogens (primary N) is 2. The number of benzene rings is 1. The predicted octanol–water partition coefficient (Wildman–Crippen LogP) is 1.38. The highest BCUT2D eigenvalue weighted by atomic mass is 35.5. The van der Waals surface area contributed by atoms with E-state index in [9.17, 15) is 0 Å². The van der Waals surface area contributed by atoms with Crippen LogP contribution in [0.25, 0.3) is 11.0 Å². The summed E-state index contributed by atoms with van der Waals surface area (Å²) in [7, 11) is 0. The highest BCUT2D eigenvalue weighted by Crippen LogP contribution is 2.19. The van der Waals surface area contributed by atoms with Crippen molar-refractivity contribution in [3.63, 3.8) is 0 Å². The van der Waals surface area contributed by atoms with Crippen LogP contribution in [0, 0.1) is 10.8 Å². The van der Waals surface area contributed by atoms with Gasteiger partial charge in [0.25, 0.3) is 0 Å². The molecule has 1 heterocycles. The monoisotopic (exact) mass is 316 g/mol. The Balaban J connectivity index is 0.00000180. The number of hydrogen-bond acceptors (Lipinski definition) is 4. The molecule has 1 aromatic carbocycles. The van der Waals surface area contributed by atoms with Crippen molar-refractivity contribution in [3.05, 3.63) is 35.6 Å². The second-order valence-electron chi connectivity index (χ2n) is 3.60.